The molecule has 0 spiro atoms. The van der Waals surface area contributed by atoms with E-state index >= 15 is 0 Å². The second kappa shape index (κ2) is 7.70. The summed E-state index contributed by atoms with van der Waals surface area (Å²) in [5.41, 5.74) is 2.42. The van der Waals surface area contributed by atoms with Crippen LogP contribution in [0, 0.1) is 0 Å². The average molecular weight is 270 g/mol. The van der Waals surface area contributed by atoms with Gasteiger partial charge < -0.3 is 0 Å². The van der Waals surface area contributed by atoms with E-state index in [1.54, 1.807) is 0 Å². The van der Waals surface area contributed by atoms with Gasteiger partial charge in [0.2, 0.25) is 0 Å². The minimum atomic E-state index is -0.816. The van der Waals surface area contributed by atoms with Gasteiger partial charge in [0.15, 0.2) is 0 Å². The van der Waals surface area contributed by atoms with Gasteiger partial charge in [0.1, 0.15) is 0 Å². The number of hydrogen-bond donors (Lipinski definition) is 0. The lowest BCUT2D eigenvalue weighted by atomic mass is 10.1. The Morgan fingerprint density at radius 1 is 0.789 bits per heavy atom. The van der Waals surface area contributed by atoms with E-state index in [0.29, 0.717) is 11.5 Å². The molecular formula is C17H18OS. The van der Waals surface area contributed by atoms with Crippen molar-refractivity contribution in [3.05, 3.63) is 83.9 Å². The topological polar surface area (TPSA) is 17.1 Å². The van der Waals surface area contributed by atoms with Gasteiger partial charge in [0, 0.05) is 22.3 Å². The minimum absolute atomic E-state index is 0.627. The van der Waals surface area contributed by atoms with E-state index in [1.165, 1.54) is 5.56 Å². The molecule has 0 radical (unpaired) electrons. The Labute approximate surface area is 117 Å². The zero-order valence-electron chi connectivity index (χ0n) is 10.9. The Morgan fingerprint density at radius 3 is 2.00 bits per heavy atom. The second-order valence-electron chi connectivity index (χ2n) is 4.40. The first-order chi connectivity index (χ1) is 9.34. The summed E-state index contributed by atoms with van der Waals surface area (Å²) in [5, 5.41) is 0. The molecule has 0 saturated carbocycles. The number of allylic oxidation sites excluding steroid dienone is 1. The van der Waals surface area contributed by atoms with E-state index in [4.69, 9.17) is 0 Å². The Hall–Kier alpha value is -1.67. The van der Waals surface area contributed by atoms with Crippen molar-refractivity contribution in [2.24, 2.45) is 0 Å². The van der Waals surface area contributed by atoms with Gasteiger partial charge in [-0.15, -0.1) is 0 Å². The third-order valence-electron chi connectivity index (χ3n) is 2.82. The van der Waals surface area contributed by atoms with Gasteiger partial charge in [-0.25, -0.2) is 0 Å². The van der Waals surface area contributed by atoms with Crippen molar-refractivity contribution >= 4 is 10.8 Å². The van der Waals surface area contributed by atoms with Gasteiger partial charge in [-0.1, -0.05) is 72.8 Å². The van der Waals surface area contributed by atoms with Crippen LogP contribution in [-0.2, 0) is 23.0 Å². The summed E-state index contributed by atoms with van der Waals surface area (Å²) in [5.74, 6) is 1.26. The normalized spacial score (nSPS) is 12.6. The van der Waals surface area contributed by atoms with Crippen LogP contribution in [0.15, 0.2) is 72.8 Å². The van der Waals surface area contributed by atoms with E-state index in [2.05, 4.69) is 18.2 Å². The van der Waals surface area contributed by atoms with E-state index in [9.17, 15) is 4.21 Å². The molecule has 0 fully saturated rings. The molecule has 0 aliphatic rings. The molecule has 1 unspecified atom stereocenters. The van der Waals surface area contributed by atoms with Crippen molar-refractivity contribution in [3.63, 3.8) is 0 Å². The van der Waals surface area contributed by atoms with Gasteiger partial charge in [-0.3, -0.25) is 4.21 Å². The minimum Gasteiger partial charge on any atom is -0.259 e. The maximum absolute atomic E-state index is 11.9. The van der Waals surface area contributed by atoms with Gasteiger partial charge in [-0.2, -0.15) is 0 Å². The maximum atomic E-state index is 11.9. The van der Waals surface area contributed by atoms with E-state index in [0.717, 1.165) is 12.0 Å². The smallest absolute Gasteiger partial charge is 0.0488 e. The predicted octanol–water partition coefficient (Wildman–Crippen LogP) is 3.73. The number of rotatable bonds is 6. The van der Waals surface area contributed by atoms with Crippen LogP contribution < -0.4 is 0 Å². The molecule has 0 amide bonds. The van der Waals surface area contributed by atoms with E-state index in [-0.39, 0.29) is 0 Å². The summed E-state index contributed by atoms with van der Waals surface area (Å²) >= 11 is 0. The quantitative estimate of drug-likeness (QED) is 0.731. The first kappa shape index (κ1) is 13.8. The van der Waals surface area contributed by atoms with Crippen LogP contribution in [0.3, 0.4) is 0 Å². The fraction of sp³-hybridized carbons (Fsp3) is 0.176. The molecule has 1 nitrogen and oxygen atoms in total. The summed E-state index contributed by atoms with van der Waals surface area (Å²) in [6, 6.07) is 20.3. The lowest BCUT2D eigenvalue weighted by Crippen LogP contribution is -1.98. The Bertz CT molecular complexity index is 532. The highest BCUT2D eigenvalue weighted by Gasteiger charge is 1.98. The monoisotopic (exact) mass is 270 g/mol. The first-order valence-corrected chi connectivity index (χ1v) is 7.91. The molecule has 2 aromatic carbocycles. The standard InChI is InChI=1S/C17H18OS/c18-19(15-17-12-5-2-6-13-17)14-8-7-11-16-9-3-1-4-10-16/h1-10,12-13H,11,14-15H2. The molecule has 0 aliphatic carbocycles. The largest absolute Gasteiger partial charge is 0.259 e. The molecule has 0 saturated heterocycles. The van der Waals surface area contributed by atoms with Crippen molar-refractivity contribution < 1.29 is 4.21 Å². The molecule has 0 heterocycles. The molecule has 1 atom stereocenters. The third kappa shape index (κ3) is 5.23. The van der Waals surface area contributed by atoms with Crippen molar-refractivity contribution in [1.82, 2.24) is 0 Å². The predicted molar refractivity (Wildman–Crippen MR) is 82.4 cm³/mol. The summed E-state index contributed by atoms with van der Waals surface area (Å²) in [6.07, 6.45) is 5.02. The van der Waals surface area contributed by atoms with Gasteiger partial charge in [0.25, 0.3) is 0 Å². The number of hydrogen-bond acceptors (Lipinski definition) is 1. The SMILES string of the molecule is O=S(CC=CCc1ccccc1)Cc1ccccc1. The third-order valence-corrected chi connectivity index (χ3v) is 4.04. The van der Waals surface area contributed by atoms with Gasteiger partial charge in [0.05, 0.1) is 0 Å². The molecule has 98 valence electrons. The zero-order valence-corrected chi connectivity index (χ0v) is 11.7. The molecule has 0 aromatic heterocycles. The van der Waals surface area contributed by atoms with E-state index < -0.39 is 10.8 Å². The highest BCUT2D eigenvalue weighted by molar-refractivity contribution is 7.84. The summed E-state index contributed by atoms with van der Waals surface area (Å²) in [6.45, 7) is 0. The van der Waals surface area contributed by atoms with Crippen LogP contribution in [0.2, 0.25) is 0 Å². The lowest BCUT2D eigenvalue weighted by molar-refractivity contribution is 0.684. The second-order valence-corrected chi connectivity index (χ2v) is 5.90. The van der Waals surface area contributed by atoms with Crippen LogP contribution in [0.25, 0.3) is 0 Å². The molecular weight excluding hydrogens is 252 g/mol. The fourth-order valence-corrected chi connectivity index (χ4v) is 2.86. The van der Waals surface area contributed by atoms with Crippen molar-refractivity contribution in [3.8, 4) is 0 Å². The van der Waals surface area contributed by atoms with E-state index in [1.807, 2.05) is 54.6 Å². The fourth-order valence-electron chi connectivity index (χ4n) is 1.83. The Balaban J connectivity index is 1.75. The summed E-state index contributed by atoms with van der Waals surface area (Å²) < 4.78 is 11.9. The highest BCUT2D eigenvalue weighted by Crippen LogP contribution is 2.04. The number of benzene rings is 2. The lowest BCUT2D eigenvalue weighted by Gasteiger charge is -1.99. The van der Waals surface area contributed by atoms with Crippen LogP contribution in [0.4, 0.5) is 0 Å². The maximum Gasteiger partial charge on any atom is 0.0488 e. The molecule has 0 bridgehead atoms. The molecule has 19 heavy (non-hydrogen) atoms. The molecule has 2 aromatic rings. The van der Waals surface area contributed by atoms with Crippen molar-refractivity contribution in [1.29, 1.82) is 0 Å². The van der Waals surface area contributed by atoms with Crippen LogP contribution in [0.5, 0.6) is 0 Å². The Kier molecular flexibility index (Phi) is 5.57. The van der Waals surface area contributed by atoms with Crippen LogP contribution in [-0.4, -0.2) is 9.96 Å². The average Bonchev–Trinajstić information content (AvgIpc) is 2.46. The van der Waals surface area contributed by atoms with Crippen LogP contribution >= 0.6 is 0 Å². The van der Waals surface area contributed by atoms with Gasteiger partial charge >= 0.3 is 0 Å². The van der Waals surface area contributed by atoms with Crippen molar-refractivity contribution in [2.75, 3.05) is 5.75 Å². The molecule has 0 aliphatic heterocycles. The summed E-state index contributed by atoms with van der Waals surface area (Å²) in [4.78, 5) is 0. The van der Waals surface area contributed by atoms with Crippen molar-refractivity contribution in [2.45, 2.75) is 12.2 Å². The van der Waals surface area contributed by atoms with Gasteiger partial charge in [-0.05, 0) is 17.5 Å². The first-order valence-electron chi connectivity index (χ1n) is 6.42. The molecule has 0 N–H and O–H groups in total. The van der Waals surface area contributed by atoms with Crippen LogP contribution in [0.1, 0.15) is 11.1 Å². The molecule has 2 rings (SSSR count). The summed E-state index contributed by atoms with van der Waals surface area (Å²) in [7, 11) is -0.816. The Morgan fingerprint density at radius 2 is 1.37 bits per heavy atom. The zero-order chi connectivity index (χ0) is 13.3. The molecule has 2 heteroatoms. The highest BCUT2D eigenvalue weighted by atomic mass is 32.2.